The number of hydrogen-bond acceptors (Lipinski definition) is 3. The minimum Gasteiger partial charge on any atom is -0.287 e. The van der Waals surface area contributed by atoms with Crippen LogP contribution in [0.25, 0.3) is 0 Å². The van der Waals surface area contributed by atoms with Crippen LogP contribution in [-0.2, 0) is 6.54 Å². The minimum atomic E-state index is 0.0619. The molecule has 1 aliphatic rings. The Bertz CT molecular complexity index is 333. The molecule has 11 heavy (non-hydrogen) atoms. The molecule has 0 saturated carbocycles. The van der Waals surface area contributed by atoms with Gasteiger partial charge in [-0.25, -0.2) is 4.98 Å². The van der Waals surface area contributed by atoms with Crippen LogP contribution in [-0.4, -0.2) is 14.8 Å². The third kappa shape index (κ3) is 1.07. The highest BCUT2D eigenvalue weighted by Gasteiger charge is 2.19. The molecule has 0 saturated heterocycles. The van der Waals surface area contributed by atoms with Crippen molar-refractivity contribution in [2.75, 3.05) is 0 Å². The Labute approximate surface area is 68.5 Å². The maximum Gasteiger partial charge on any atom is 0.254 e. The monoisotopic (exact) mass is 168 g/mol. The molecule has 58 valence electrons. The number of aromatic nitrogens is 2. The smallest absolute Gasteiger partial charge is 0.254 e. The van der Waals surface area contributed by atoms with E-state index in [4.69, 9.17) is 0 Å². The van der Waals surface area contributed by atoms with E-state index in [9.17, 15) is 4.79 Å². The maximum atomic E-state index is 11.2. The van der Waals surface area contributed by atoms with Crippen molar-refractivity contribution in [2.45, 2.75) is 23.9 Å². The molecule has 2 heterocycles. The average molecular weight is 168 g/mol. The van der Waals surface area contributed by atoms with Crippen molar-refractivity contribution in [1.82, 2.24) is 9.55 Å². The summed E-state index contributed by atoms with van der Waals surface area (Å²) in [5, 5.41) is 1.34. The highest BCUT2D eigenvalue weighted by Crippen LogP contribution is 2.27. The molecule has 1 aromatic rings. The van der Waals surface area contributed by atoms with Crippen LogP contribution in [0.2, 0.25) is 0 Å². The molecule has 4 heteroatoms. The van der Waals surface area contributed by atoms with Crippen LogP contribution in [0.5, 0.6) is 0 Å². The van der Waals surface area contributed by atoms with Gasteiger partial charge in [-0.15, -0.1) is 0 Å². The number of fused-ring (bicyclic) bond motifs is 1. The molecule has 2 rings (SSSR count). The average Bonchev–Trinajstić information content (AvgIpc) is 2.31. The van der Waals surface area contributed by atoms with Crippen molar-refractivity contribution in [3.8, 4) is 0 Å². The lowest BCUT2D eigenvalue weighted by atomic mass is 10.4. The molecule has 1 aliphatic heterocycles. The molecule has 0 amide bonds. The van der Waals surface area contributed by atoms with Gasteiger partial charge in [0, 0.05) is 24.1 Å². The Morgan fingerprint density at radius 2 is 2.64 bits per heavy atom. The van der Waals surface area contributed by atoms with Crippen LogP contribution in [0.3, 0.4) is 0 Å². The molecule has 0 N–H and O–H groups in total. The first-order valence-corrected chi connectivity index (χ1v) is 4.38. The Morgan fingerprint density at radius 1 is 1.82 bits per heavy atom. The first-order valence-electron chi connectivity index (χ1n) is 3.50. The Balaban J connectivity index is 2.58. The van der Waals surface area contributed by atoms with E-state index in [0.717, 1.165) is 11.7 Å². The lowest BCUT2D eigenvalue weighted by molar-refractivity contribution is 0.618. The first kappa shape index (κ1) is 6.91. The van der Waals surface area contributed by atoms with Crippen molar-refractivity contribution in [3.63, 3.8) is 0 Å². The van der Waals surface area contributed by atoms with E-state index < -0.39 is 0 Å². The predicted molar refractivity (Wildman–Crippen MR) is 43.8 cm³/mol. The van der Waals surface area contributed by atoms with Gasteiger partial charge in [-0.05, 0) is 0 Å². The molecular formula is C7H8N2OS. The van der Waals surface area contributed by atoms with Crippen LogP contribution in [0.1, 0.15) is 6.92 Å². The second kappa shape index (κ2) is 2.37. The van der Waals surface area contributed by atoms with Gasteiger partial charge in [0.15, 0.2) is 5.16 Å². The van der Waals surface area contributed by atoms with E-state index >= 15 is 0 Å². The zero-order chi connectivity index (χ0) is 7.84. The van der Waals surface area contributed by atoms with Crippen LogP contribution >= 0.6 is 11.8 Å². The van der Waals surface area contributed by atoms with Gasteiger partial charge >= 0.3 is 0 Å². The maximum absolute atomic E-state index is 11.2. The van der Waals surface area contributed by atoms with Crippen molar-refractivity contribution < 1.29 is 0 Å². The quantitative estimate of drug-likeness (QED) is 0.536. The van der Waals surface area contributed by atoms with Crippen LogP contribution in [0.15, 0.2) is 22.2 Å². The highest BCUT2D eigenvalue weighted by molar-refractivity contribution is 7.99. The summed E-state index contributed by atoms with van der Waals surface area (Å²) in [6.07, 6.45) is 1.57. The zero-order valence-electron chi connectivity index (χ0n) is 6.15. The van der Waals surface area contributed by atoms with Gasteiger partial charge in [0.25, 0.3) is 5.56 Å². The van der Waals surface area contributed by atoms with E-state index in [1.54, 1.807) is 22.5 Å². The summed E-state index contributed by atoms with van der Waals surface area (Å²) in [6.45, 7) is 2.89. The molecule has 1 atom stereocenters. The molecule has 0 bridgehead atoms. The fourth-order valence-corrected chi connectivity index (χ4v) is 2.15. The summed E-state index contributed by atoms with van der Waals surface area (Å²) in [5.74, 6) is 0. The lowest BCUT2D eigenvalue weighted by Crippen LogP contribution is -2.19. The normalized spacial score (nSPS) is 21.7. The molecule has 1 aromatic heterocycles. The number of rotatable bonds is 0. The molecule has 0 fully saturated rings. The summed E-state index contributed by atoms with van der Waals surface area (Å²) in [5.41, 5.74) is 0.0619. The third-order valence-electron chi connectivity index (χ3n) is 1.65. The van der Waals surface area contributed by atoms with E-state index in [1.165, 1.54) is 6.07 Å². The van der Waals surface area contributed by atoms with Crippen molar-refractivity contribution in [3.05, 3.63) is 22.6 Å². The number of hydrogen-bond donors (Lipinski definition) is 0. The van der Waals surface area contributed by atoms with Crippen LogP contribution in [0, 0.1) is 0 Å². The Hall–Kier alpha value is -0.770. The van der Waals surface area contributed by atoms with E-state index in [-0.39, 0.29) is 5.56 Å². The van der Waals surface area contributed by atoms with Crippen molar-refractivity contribution in [2.24, 2.45) is 0 Å². The Morgan fingerprint density at radius 3 is 3.36 bits per heavy atom. The van der Waals surface area contributed by atoms with E-state index in [2.05, 4.69) is 11.9 Å². The predicted octanol–water partition coefficient (Wildman–Crippen LogP) is 0.737. The Kier molecular flexibility index (Phi) is 1.49. The SMILES string of the molecule is C[C@H]1Cn2c(nccc2=O)S1. The van der Waals surface area contributed by atoms with E-state index in [0.29, 0.717) is 5.25 Å². The molecule has 0 aromatic carbocycles. The van der Waals surface area contributed by atoms with Crippen molar-refractivity contribution >= 4 is 11.8 Å². The topological polar surface area (TPSA) is 34.9 Å². The van der Waals surface area contributed by atoms with Crippen LogP contribution in [0.4, 0.5) is 0 Å². The summed E-state index contributed by atoms with van der Waals surface area (Å²) < 4.78 is 1.72. The molecule has 0 aliphatic carbocycles. The molecule has 3 nitrogen and oxygen atoms in total. The van der Waals surface area contributed by atoms with Gasteiger partial charge < -0.3 is 0 Å². The number of nitrogens with zero attached hydrogens (tertiary/aromatic N) is 2. The van der Waals surface area contributed by atoms with Gasteiger partial charge in [0.1, 0.15) is 0 Å². The largest absolute Gasteiger partial charge is 0.287 e. The highest BCUT2D eigenvalue weighted by atomic mass is 32.2. The summed E-state index contributed by atoms with van der Waals surface area (Å²) in [6, 6.07) is 1.50. The summed E-state index contributed by atoms with van der Waals surface area (Å²) in [7, 11) is 0. The van der Waals surface area contributed by atoms with Crippen molar-refractivity contribution in [1.29, 1.82) is 0 Å². The number of thioether (sulfide) groups is 1. The third-order valence-corrected chi connectivity index (χ3v) is 2.73. The molecular weight excluding hydrogens is 160 g/mol. The second-order valence-corrected chi connectivity index (χ2v) is 4.01. The minimum absolute atomic E-state index is 0.0619. The van der Waals surface area contributed by atoms with Gasteiger partial charge in [-0.3, -0.25) is 9.36 Å². The fourth-order valence-electron chi connectivity index (χ4n) is 1.16. The molecule has 0 spiro atoms. The van der Waals surface area contributed by atoms with Gasteiger partial charge in [-0.1, -0.05) is 18.7 Å². The summed E-state index contributed by atoms with van der Waals surface area (Å²) in [4.78, 5) is 15.3. The first-order chi connectivity index (χ1) is 5.27. The van der Waals surface area contributed by atoms with Gasteiger partial charge in [-0.2, -0.15) is 0 Å². The fraction of sp³-hybridized carbons (Fsp3) is 0.429. The zero-order valence-corrected chi connectivity index (χ0v) is 6.97. The van der Waals surface area contributed by atoms with Crippen LogP contribution < -0.4 is 5.56 Å². The summed E-state index contributed by atoms with van der Waals surface area (Å²) >= 11 is 1.66. The second-order valence-electron chi connectivity index (χ2n) is 2.60. The standard InChI is InChI=1S/C7H8N2OS/c1-5-4-9-6(10)2-3-8-7(9)11-5/h2-3,5H,4H2,1H3/t5-/m0/s1. The molecule has 0 unspecified atom stereocenters. The van der Waals surface area contributed by atoms with Gasteiger partial charge in [0.2, 0.25) is 0 Å². The van der Waals surface area contributed by atoms with Gasteiger partial charge in [0.05, 0.1) is 0 Å². The molecule has 0 radical (unpaired) electrons. The lowest BCUT2D eigenvalue weighted by Gasteiger charge is -1.96. The van der Waals surface area contributed by atoms with E-state index in [1.807, 2.05) is 0 Å².